The molecule has 0 spiro atoms. The molecule has 1 heterocycles. The van der Waals surface area contributed by atoms with Gasteiger partial charge in [0.2, 0.25) is 0 Å². The lowest BCUT2D eigenvalue weighted by atomic mass is 9.86. The molecule has 2 unspecified atom stereocenters. The highest BCUT2D eigenvalue weighted by molar-refractivity contribution is 5.43. The average Bonchev–Trinajstić information content (AvgIpc) is 2.28. The van der Waals surface area contributed by atoms with Crippen LogP contribution in [0.3, 0.4) is 0 Å². The number of aliphatic hydroxyl groups is 1. The zero-order valence-corrected chi connectivity index (χ0v) is 10.9. The second kappa shape index (κ2) is 4.38. The van der Waals surface area contributed by atoms with Gasteiger partial charge in [0, 0.05) is 5.56 Å². The number of aliphatic hydroxyl groups excluding tert-OH is 1. The molecule has 2 rings (SSSR count). The van der Waals surface area contributed by atoms with E-state index in [1.165, 1.54) is 6.07 Å². The van der Waals surface area contributed by atoms with Gasteiger partial charge in [-0.15, -0.1) is 0 Å². The molecule has 0 saturated carbocycles. The molecule has 3 nitrogen and oxygen atoms in total. The lowest BCUT2D eigenvalue weighted by Crippen LogP contribution is -2.52. The monoisotopic (exact) mass is 275 g/mol. The largest absolute Gasteiger partial charge is 0.485 e. The van der Waals surface area contributed by atoms with Gasteiger partial charge in [0.1, 0.15) is 17.5 Å². The fraction of sp³-hybridized carbons (Fsp3) is 0.538. The summed E-state index contributed by atoms with van der Waals surface area (Å²) in [7, 11) is 1.60. The molecule has 0 fully saturated rings. The Kier molecular flexibility index (Phi) is 3.26. The molecule has 1 aliphatic rings. The van der Waals surface area contributed by atoms with Gasteiger partial charge < -0.3 is 15.2 Å². The summed E-state index contributed by atoms with van der Waals surface area (Å²) in [5.41, 5.74) is -1.29. The average molecular weight is 275 g/mol. The minimum Gasteiger partial charge on any atom is -0.485 e. The number of fused-ring (bicyclic) bond motifs is 1. The second-order valence-corrected chi connectivity index (χ2v) is 5.17. The first kappa shape index (κ1) is 14.1. The third-order valence-electron chi connectivity index (χ3n) is 3.38. The van der Waals surface area contributed by atoms with Crippen LogP contribution in [0.1, 0.15) is 31.0 Å². The molecule has 0 bridgehead atoms. The van der Waals surface area contributed by atoms with Crippen molar-refractivity contribution in [1.29, 1.82) is 0 Å². The van der Waals surface area contributed by atoms with Crippen molar-refractivity contribution in [3.63, 3.8) is 0 Å². The Morgan fingerprint density at radius 3 is 2.47 bits per heavy atom. The Hall–Kier alpha value is -1.27. The molecule has 6 heteroatoms. The summed E-state index contributed by atoms with van der Waals surface area (Å²) in [5, 5.41) is 13.0. The van der Waals surface area contributed by atoms with Gasteiger partial charge in [-0.3, -0.25) is 0 Å². The molecule has 1 aliphatic heterocycles. The van der Waals surface area contributed by atoms with Crippen molar-refractivity contribution in [2.45, 2.75) is 37.8 Å². The van der Waals surface area contributed by atoms with Crippen molar-refractivity contribution in [3.05, 3.63) is 29.3 Å². The SMILES string of the molecule is CNC1c2cc(C(F)(F)F)ccc2OC(C)(C)C1O. The van der Waals surface area contributed by atoms with Crippen LogP contribution in [0.25, 0.3) is 0 Å². The van der Waals surface area contributed by atoms with Gasteiger partial charge >= 0.3 is 6.18 Å². The number of halogens is 3. The highest BCUT2D eigenvalue weighted by Crippen LogP contribution is 2.42. The number of hydrogen-bond acceptors (Lipinski definition) is 3. The summed E-state index contributed by atoms with van der Waals surface area (Å²) in [6, 6.07) is 2.71. The topological polar surface area (TPSA) is 41.5 Å². The predicted octanol–water partition coefficient (Wildman–Crippen LogP) is 2.50. The van der Waals surface area contributed by atoms with Crippen LogP contribution in [0.15, 0.2) is 18.2 Å². The van der Waals surface area contributed by atoms with Gasteiger partial charge in [-0.05, 0) is 39.1 Å². The van der Waals surface area contributed by atoms with Crippen molar-refractivity contribution in [2.24, 2.45) is 0 Å². The van der Waals surface area contributed by atoms with Crippen LogP contribution >= 0.6 is 0 Å². The summed E-state index contributed by atoms with van der Waals surface area (Å²) in [6.45, 7) is 3.39. The quantitative estimate of drug-likeness (QED) is 0.827. The predicted molar refractivity (Wildman–Crippen MR) is 64.0 cm³/mol. The van der Waals surface area contributed by atoms with E-state index in [4.69, 9.17) is 4.74 Å². The van der Waals surface area contributed by atoms with E-state index in [0.29, 0.717) is 11.3 Å². The molecule has 1 aromatic rings. The summed E-state index contributed by atoms with van der Waals surface area (Å²) < 4.78 is 43.7. The smallest absolute Gasteiger partial charge is 0.416 e. The summed E-state index contributed by atoms with van der Waals surface area (Å²) >= 11 is 0. The molecule has 0 aromatic heterocycles. The Labute approximate surface area is 109 Å². The van der Waals surface area contributed by atoms with Crippen molar-refractivity contribution < 1.29 is 23.0 Å². The molecule has 0 saturated heterocycles. The van der Waals surface area contributed by atoms with Gasteiger partial charge in [-0.1, -0.05) is 0 Å². The molecule has 2 atom stereocenters. The Bertz CT molecular complexity index is 485. The van der Waals surface area contributed by atoms with Crippen LogP contribution in [0, 0.1) is 0 Å². The van der Waals surface area contributed by atoms with Crippen LogP contribution < -0.4 is 10.1 Å². The Morgan fingerprint density at radius 2 is 1.95 bits per heavy atom. The zero-order chi connectivity index (χ0) is 14.4. The number of benzene rings is 1. The molecule has 0 radical (unpaired) electrons. The van der Waals surface area contributed by atoms with Gasteiger partial charge in [0.15, 0.2) is 0 Å². The van der Waals surface area contributed by atoms with E-state index in [0.717, 1.165) is 12.1 Å². The molecule has 19 heavy (non-hydrogen) atoms. The molecular formula is C13H16F3NO2. The summed E-state index contributed by atoms with van der Waals surface area (Å²) in [4.78, 5) is 0. The highest BCUT2D eigenvalue weighted by Gasteiger charge is 2.43. The number of ether oxygens (including phenoxy) is 1. The van der Waals surface area contributed by atoms with Crippen molar-refractivity contribution in [3.8, 4) is 5.75 Å². The minimum atomic E-state index is -4.41. The number of alkyl halides is 3. The lowest BCUT2D eigenvalue weighted by Gasteiger charge is -2.42. The Morgan fingerprint density at radius 1 is 1.32 bits per heavy atom. The van der Waals surface area contributed by atoms with Gasteiger partial charge in [0.05, 0.1) is 11.6 Å². The molecule has 0 amide bonds. The van der Waals surface area contributed by atoms with Crippen LogP contribution in [0.4, 0.5) is 13.2 Å². The zero-order valence-electron chi connectivity index (χ0n) is 10.9. The molecule has 2 N–H and O–H groups in total. The van der Waals surface area contributed by atoms with Gasteiger partial charge in [0.25, 0.3) is 0 Å². The van der Waals surface area contributed by atoms with Crippen LogP contribution in [0.2, 0.25) is 0 Å². The van der Waals surface area contributed by atoms with Crippen molar-refractivity contribution >= 4 is 0 Å². The number of nitrogens with one attached hydrogen (secondary N) is 1. The fourth-order valence-corrected chi connectivity index (χ4v) is 2.29. The maximum atomic E-state index is 12.7. The minimum absolute atomic E-state index is 0.323. The normalized spacial score (nSPS) is 25.6. The number of rotatable bonds is 1. The van der Waals surface area contributed by atoms with E-state index < -0.39 is 29.5 Å². The van der Waals surface area contributed by atoms with E-state index in [9.17, 15) is 18.3 Å². The fourth-order valence-electron chi connectivity index (χ4n) is 2.29. The van der Waals surface area contributed by atoms with Crippen LogP contribution in [-0.4, -0.2) is 23.9 Å². The lowest BCUT2D eigenvalue weighted by molar-refractivity contribution is -0.137. The molecule has 1 aromatic carbocycles. The van der Waals surface area contributed by atoms with E-state index in [1.807, 2.05) is 0 Å². The summed E-state index contributed by atoms with van der Waals surface area (Å²) in [5.74, 6) is 0.364. The maximum Gasteiger partial charge on any atom is 0.416 e. The molecular weight excluding hydrogens is 259 g/mol. The van der Waals surface area contributed by atoms with E-state index in [2.05, 4.69) is 5.32 Å². The highest BCUT2D eigenvalue weighted by atomic mass is 19.4. The van der Waals surface area contributed by atoms with Gasteiger partial charge in [-0.2, -0.15) is 13.2 Å². The summed E-state index contributed by atoms with van der Waals surface area (Å²) in [6.07, 6.45) is -5.35. The molecule has 106 valence electrons. The first-order valence-electron chi connectivity index (χ1n) is 5.92. The first-order valence-corrected chi connectivity index (χ1v) is 5.92. The first-order chi connectivity index (χ1) is 8.66. The van der Waals surface area contributed by atoms with Crippen molar-refractivity contribution in [2.75, 3.05) is 7.05 Å². The van der Waals surface area contributed by atoms with Gasteiger partial charge in [-0.25, -0.2) is 0 Å². The van der Waals surface area contributed by atoms with Crippen LogP contribution in [0.5, 0.6) is 5.75 Å². The van der Waals surface area contributed by atoms with E-state index >= 15 is 0 Å². The van der Waals surface area contributed by atoms with E-state index in [1.54, 1.807) is 20.9 Å². The third kappa shape index (κ3) is 2.42. The third-order valence-corrected chi connectivity index (χ3v) is 3.38. The molecule has 0 aliphatic carbocycles. The standard InChI is InChI=1S/C13H16F3NO2/c1-12(2)11(18)10(17-3)8-6-7(13(14,15)16)4-5-9(8)19-12/h4-6,10-11,17-18H,1-3H3. The van der Waals surface area contributed by atoms with Crippen LogP contribution in [-0.2, 0) is 6.18 Å². The number of likely N-dealkylation sites (N-methyl/N-ethyl adjacent to an activating group) is 1. The maximum absolute atomic E-state index is 12.7. The van der Waals surface area contributed by atoms with Crippen molar-refractivity contribution in [1.82, 2.24) is 5.32 Å². The van der Waals surface area contributed by atoms with E-state index in [-0.39, 0.29) is 0 Å². The Balaban J connectivity index is 2.52. The second-order valence-electron chi connectivity index (χ2n) is 5.17. The number of hydrogen-bond donors (Lipinski definition) is 2.